The van der Waals surface area contributed by atoms with E-state index in [1.807, 2.05) is 0 Å². The first-order chi connectivity index (χ1) is 7.46. The largest absolute Gasteiger partial charge is 0.342 e. The summed E-state index contributed by atoms with van der Waals surface area (Å²) in [5.41, 5.74) is 0.704. The highest BCUT2D eigenvalue weighted by Crippen LogP contribution is 2.47. The molecule has 3 heteroatoms. The Morgan fingerprint density at radius 3 is 2.50 bits per heavy atom. The minimum absolute atomic E-state index is 0.335. The van der Waals surface area contributed by atoms with E-state index in [0.29, 0.717) is 16.7 Å². The maximum Gasteiger partial charge on any atom is 0.222 e. The van der Waals surface area contributed by atoms with Crippen LogP contribution < -0.4 is 0 Å². The molecule has 0 bridgehead atoms. The molecule has 0 aromatic carbocycles. The summed E-state index contributed by atoms with van der Waals surface area (Å²) in [6.07, 6.45) is 5.42. The van der Waals surface area contributed by atoms with E-state index in [-0.39, 0.29) is 0 Å². The number of thiol groups is 1. The van der Waals surface area contributed by atoms with Crippen LogP contribution in [0.15, 0.2) is 0 Å². The number of hydrogen-bond donors (Lipinski definition) is 1. The molecule has 1 amide bonds. The predicted octanol–water partition coefficient (Wildman–Crippen LogP) is 2.74. The molecule has 2 nitrogen and oxygen atoms in total. The Hall–Kier alpha value is -0.180. The highest BCUT2D eigenvalue weighted by atomic mass is 32.1. The first-order valence-electron chi connectivity index (χ1n) is 6.35. The molecule has 0 radical (unpaired) electrons. The van der Waals surface area contributed by atoms with Gasteiger partial charge in [-0.15, -0.1) is 0 Å². The van der Waals surface area contributed by atoms with E-state index in [0.717, 1.165) is 38.1 Å². The lowest BCUT2D eigenvalue weighted by Crippen LogP contribution is -2.36. The van der Waals surface area contributed by atoms with Gasteiger partial charge in [-0.1, -0.05) is 13.8 Å². The van der Waals surface area contributed by atoms with Gasteiger partial charge in [0.25, 0.3) is 0 Å². The summed E-state index contributed by atoms with van der Waals surface area (Å²) >= 11 is 4.42. The van der Waals surface area contributed by atoms with Crippen molar-refractivity contribution in [2.75, 3.05) is 18.8 Å². The van der Waals surface area contributed by atoms with Gasteiger partial charge in [0.15, 0.2) is 0 Å². The van der Waals surface area contributed by atoms with Gasteiger partial charge in [0, 0.05) is 19.5 Å². The summed E-state index contributed by atoms with van der Waals surface area (Å²) < 4.78 is 0. The smallest absolute Gasteiger partial charge is 0.222 e. The van der Waals surface area contributed by atoms with Crippen molar-refractivity contribution in [3.8, 4) is 0 Å². The van der Waals surface area contributed by atoms with Crippen LogP contribution in [0.25, 0.3) is 0 Å². The Morgan fingerprint density at radius 1 is 1.25 bits per heavy atom. The molecule has 16 heavy (non-hydrogen) atoms. The zero-order valence-corrected chi connectivity index (χ0v) is 11.4. The fourth-order valence-corrected chi connectivity index (χ4v) is 2.82. The number of nitrogens with zero attached hydrogens (tertiary/aromatic N) is 1. The highest BCUT2D eigenvalue weighted by Gasteiger charge is 2.44. The Kier molecular flexibility index (Phi) is 3.26. The van der Waals surface area contributed by atoms with Crippen LogP contribution >= 0.6 is 12.6 Å². The standard InChI is InChI=1S/C13H23NOS/c1-12(2)4-3-11(15)14(8-7-12)9-13(10-16)5-6-13/h16H,3-10H2,1-2H3. The first-order valence-corrected chi connectivity index (χ1v) is 6.98. The van der Waals surface area contributed by atoms with Crippen molar-refractivity contribution in [3.05, 3.63) is 0 Å². The maximum absolute atomic E-state index is 12.0. The van der Waals surface area contributed by atoms with Gasteiger partial charge in [-0.3, -0.25) is 4.79 Å². The lowest BCUT2D eigenvalue weighted by molar-refractivity contribution is -0.131. The van der Waals surface area contributed by atoms with Gasteiger partial charge in [0.2, 0.25) is 5.91 Å². The van der Waals surface area contributed by atoms with Gasteiger partial charge in [0.1, 0.15) is 0 Å². The quantitative estimate of drug-likeness (QED) is 0.753. The van der Waals surface area contributed by atoms with Crippen molar-refractivity contribution in [3.63, 3.8) is 0 Å². The van der Waals surface area contributed by atoms with Crippen molar-refractivity contribution >= 4 is 18.5 Å². The Balaban J connectivity index is 1.96. The normalized spacial score (nSPS) is 27.7. The molecule has 0 unspecified atom stereocenters. The van der Waals surface area contributed by atoms with E-state index in [1.54, 1.807) is 0 Å². The third-order valence-corrected chi connectivity index (χ3v) is 4.92. The lowest BCUT2D eigenvalue weighted by Gasteiger charge is -2.26. The van der Waals surface area contributed by atoms with E-state index in [2.05, 4.69) is 31.4 Å². The molecule has 1 saturated carbocycles. The molecule has 0 N–H and O–H groups in total. The van der Waals surface area contributed by atoms with E-state index in [9.17, 15) is 4.79 Å². The fraction of sp³-hybridized carbons (Fsp3) is 0.923. The molecule has 92 valence electrons. The molecule has 1 heterocycles. The number of likely N-dealkylation sites (tertiary alicyclic amines) is 1. The molecule has 1 aliphatic heterocycles. The monoisotopic (exact) mass is 241 g/mol. The molecule has 1 saturated heterocycles. The number of carbonyl (C=O) groups is 1. The number of amides is 1. The van der Waals surface area contributed by atoms with E-state index in [4.69, 9.17) is 0 Å². The van der Waals surface area contributed by atoms with E-state index < -0.39 is 0 Å². The van der Waals surface area contributed by atoms with Crippen LogP contribution in [0.4, 0.5) is 0 Å². The molecular formula is C13H23NOS. The van der Waals surface area contributed by atoms with Gasteiger partial charge in [-0.05, 0) is 42.3 Å². The summed E-state index contributed by atoms with van der Waals surface area (Å²) in [5.74, 6) is 1.29. The van der Waals surface area contributed by atoms with Crippen molar-refractivity contribution in [1.82, 2.24) is 4.90 Å². The predicted molar refractivity (Wildman–Crippen MR) is 69.7 cm³/mol. The second-order valence-corrected chi connectivity index (χ2v) is 6.70. The second kappa shape index (κ2) is 4.25. The molecule has 0 aromatic heterocycles. The van der Waals surface area contributed by atoms with E-state index >= 15 is 0 Å². The Bertz CT molecular complexity index is 284. The Labute approximate surface area is 104 Å². The minimum atomic E-state index is 0.335. The van der Waals surface area contributed by atoms with Gasteiger partial charge in [0.05, 0.1) is 0 Å². The molecule has 2 aliphatic rings. The van der Waals surface area contributed by atoms with Gasteiger partial charge < -0.3 is 4.90 Å². The maximum atomic E-state index is 12.0. The van der Waals surface area contributed by atoms with Gasteiger partial charge in [-0.2, -0.15) is 12.6 Å². The first kappa shape index (κ1) is 12.3. The molecule has 2 rings (SSSR count). The zero-order valence-electron chi connectivity index (χ0n) is 10.5. The van der Waals surface area contributed by atoms with Crippen molar-refractivity contribution in [2.24, 2.45) is 10.8 Å². The minimum Gasteiger partial charge on any atom is -0.342 e. The summed E-state index contributed by atoms with van der Waals surface area (Å²) in [5, 5.41) is 0. The summed E-state index contributed by atoms with van der Waals surface area (Å²) in [7, 11) is 0. The third kappa shape index (κ3) is 2.73. The van der Waals surface area contributed by atoms with E-state index in [1.165, 1.54) is 12.8 Å². The van der Waals surface area contributed by atoms with Gasteiger partial charge >= 0.3 is 0 Å². The zero-order chi connectivity index (χ0) is 11.8. The molecule has 0 spiro atoms. The van der Waals surface area contributed by atoms with Crippen LogP contribution in [0, 0.1) is 10.8 Å². The summed E-state index contributed by atoms with van der Waals surface area (Å²) in [6, 6.07) is 0. The van der Waals surface area contributed by atoms with Crippen LogP contribution in [0.3, 0.4) is 0 Å². The van der Waals surface area contributed by atoms with Crippen molar-refractivity contribution in [2.45, 2.75) is 46.0 Å². The summed E-state index contributed by atoms with van der Waals surface area (Å²) in [6.45, 7) is 6.44. The molecule has 2 fully saturated rings. The molecule has 0 atom stereocenters. The van der Waals surface area contributed by atoms with Crippen LogP contribution in [-0.4, -0.2) is 29.6 Å². The molecule has 1 aliphatic carbocycles. The van der Waals surface area contributed by atoms with Crippen LogP contribution in [-0.2, 0) is 4.79 Å². The molecule has 0 aromatic rings. The van der Waals surface area contributed by atoms with Crippen molar-refractivity contribution < 1.29 is 4.79 Å². The Morgan fingerprint density at radius 2 is 1.94 bits per heavy atom. The topological polar surface area (TPSA) is 20.3 Å². The third-order valence-electron chi connectivity index (χ3n) is 4.25. The average Bonchev–Trinajstić information content (AvgIpc) is 3.02. The van der Waals surface area contributed by atoms with Crippen molar-refractivity contribution in [1.29, 1.82) is 0 Å². The van der Waals surface area contributed by atoms with Crippen LogP contribution in [0.5, 0.6) is 0 Å². The summed E-state index contributed by atoms with van der Waals surface area (Å²) in [4.78, 5) is 14.1. The SMILES string of the molecule is CC1(C)CCC(=O)N(CC2(CS)CC2)CC1. The number of carbonyl (C=O) groups excluding carboxylic acids is 1. The molecular weight excluding hydrogens is 218 g/mol. The van der Waals surface area contributed by atoms with Crippen LogP contribution in [0.1, 0.15) is 46.0 Å². The average molecular weight is 241 g/mol. The van der Waals surface area contributed by atoms with Crippen LogP contribution in [0.2, 0.25) is 0 Å². The fourth-order valence-electron chi connectivity index (χ4n) is 2.41. The van der Waals surface area contributed by atoms with Gasteiger partial charge in [-0.25, -0.2) is 0 Å². The lowest BCUT2D eigenvalue weighted by atomic mass is 9.85. The number of rotatable bonds is 3. The second-order valence-electron chi connectivity index (χ2n) is 6.39. The highest BCUT2D eigenvalue weighted by molar-refractivity contribution is 7.80. The number of hydrogen-bond acceptors (Lipinski definition) is 2.